The number of nitrogens with zero attached hydrogens (tertiary/aromatic N) is 1. The molecule has 0 unspecified atom stereocenters. The summed E-state index contributed by atoms with van der Waals surface area (Å²) >= 11 is 0. The maximum atomic E-state index is 13.2. The van der Waals surface area contributed by atoms with Gasteiger partial charge < -0.3 is 5.43 Å². The van der Waals surface area contributed by atoms with Gasteiger partial charge in [-0.1, -0.05) is 0 Å². The largest absolute Gasteiger partial charge is 0.324 e. The minimum Gasteiger partial charge on any atom is -0.324 e. The van der Waals surface area contributed by atoms with Crippen molar-refractivity contribution in [1.29, 1.82) is 0 Å². The smallest absolute Gasteiger partial charge is 0.124 e. The molecular formula is C12H12FN3. The molecule has 0 atom stereocenters. The number of anilines is 1. The molecule has 2 rings (SSSR count). The number of halogens is 1. The van der Waals surface area contributed by atoms with Crippen LogP contribution in [0.4, 0.5) is 10.1 Å². The lowest BCUT2D eigenvalue weighted by Crippen LogP contribution is -2.06. The minimum atomic E-state index is -0.261. The predicted octanol–water partition coefficient (Wildman–Crippen LogP) is 2.48. The number of nitrogens with two attached hydrogens (primary N) is 1. The summed E-state index contributed by atoms with van der Waals surface area (Å²) in [6, 6.07) is 8.33. The van der Waals surface area contributed by atoms with Gasteiger partial charge in [-0.25, -0.2) is 4.39 Å². The molecule has 0 aliphatic carbocycles. The van der Waals surface area contributed by atoms with Crippen LogP contribution in [0.5, 0.6) is 0 Å². The van der Waals surface area contributed by atoms with Crippen molar-refractivity contribution >= 4 is 5.69 Å². The van der Waals surface area contributed by atoms with Gasteiger partial charge in [-0.15, -0.1) is 0 Å². The summed E-state index contributed by atoms with van der Waals surface area (Å²) in [5.74, 6) is 5.04. The van der Waals surface area contributed by atoms with Crippen molar-refractivity contribution in [2.24, 2.45) is 5.84 Å². The topological polar surface area (TPSA) is 50.9 Å². The lowest BCUT2D eigenvalue weighted by Gasteiger charge is -2.05. The van der Waals surface area contributed by atoms with E-state index < -0.39 is 0 Å². The van der Waals surface area contributed by atoms with E-state index in [-0.39, 0.29) is 5.82 Å². The Morgan fingerprint density at radius 2 is 2.06 bits per heavy atom. The minimum absolute atomic E-state index is 0.261. The van der Waals surface area contributed by atoms with E-state index in [4.69, 9.17) is 5.84 Å². The van der Waals surface area contributed by atoms with Crippen LogP contribution in [-0.4, -0.2) is 4.98 Å². The number of benzene rings is 1. The van der Waals surface area contributed by atoms with Gasteiger partial charge in [0, 0.05) is 11.8 Å². The first-order valence-corrected chi connectivity index (χ1v) is 4.89. The SMILES string of the molecule is Cc1cc(F)cc(-c2cc(NN)ccn2)c1. The van der Waals surface area contributed by atoms with Crippen LogP contribution in [0.2, 0.25) is 0 Å². The van der Waals surface area contributed by atoms with Gasteiger partial charge in [0.1, 0.15) is 5.82 Å². The average molecular weight is 217 g/mol. The van der Waals surface area contributed by atoms with E-state index in [0.29, 0.717) is 5.69 Å². The highest BCUT2D eigenvalue weighted by molar-refractivity contribution is 5.64. The molecule has 0 spiro atoms. The van der Waals surface area contributed by atoms with Crippen molar-refractivity contribution < 1.29 is 4.39 Å². The number of nitrogen functional groups attached to an aromatic ring is 1. The van der Waals surface area contributed by atoms with E-state index in [2.05, 4.69) is 10.4 Å². The highest BCUT2D eigenvalue weighted by Gasteiger charge is 2.03. The number of pyridine rings is 1. The van der Waals surface area contributed by atoms with Crippen molar-refractivity contribution in [1.82, 2.24) is 4.98 Å². The quantitative estimate of drug-likeness (QED) is 0.600. The van der Waals surface area contributed by atoms with Crippen molar-refractivity contribution in [3.8, 4) is 11.3 Å². The number of aromatic nitrogens is 1. The Morgan fingerprint density at radius 3 is 2.75 bits per heavy atom. The van der Waals surface area contributed by atoms with Crippen molar-refractivity contribution in [2.45, 2.75) is 6.92 Å². The molecule has 3 N–H and O–H groups in total. The van der Waals surface area contributed by atoms with E-state index in [1.54, 1.807) is 18.3 Å². The summed E-state index contributed by atoms with van der Waals surface area (Å²) in [7, 11) is 0. The van der Waals surface area contributed by atoms with Gasteiger partial charge in [-0.05, 0) is 42.8 Å². The molecule has 0 fully saturated rings. The fourth-order valence-electron chi connectivity index (χ4n) is 1.56. The van der Waals surface area contributed by atoms with E-state index in [1.165, 1.54) is 12.1 Å². The first-order valence-electron chi connectivity index (χ1n) is 4.89. The van der Waals surface area contributed by atoms with Crippen LogP contribution in [0.15, 0.2) is 36.5 Å². The molecular weight excluding hydrogens is 205 g/mol. The zero-order valence-electron chi connectivity index (χ0n) is 8.87. The average Bonchev–Trinajstić information content (AvgIpc) is 2.28. The highest BCUT2D eigenvalue weighted by atomic mass is 19.1. The molecule has 1 aromatic carbocycles. The van der Waals surface area contributed by atoms with Crippen LogP contribution < -0.4 is 11.3 Å². The third-order valence-corrected chi connectivity index (χ3v) is 2.26. The van der Waals surface area contributed by atoms with Gasteiger partial charge >= 0.3 is 0 Å². The van der Waals surface area contributed by atoms with E-state index in [1.807, 2.05) is 13.0 Å². The van der Waals surface area contributed by atoms with Crippen LogP contribution in [0.3, 0.4) is 0 Å². The molecule has 0 radical (unpaired) electrons. The fraction of sp³-hybridized carbons (Fsp3) is 0.0833. The number of hydrogen-bond donors (Lipinski definition) is 2. The van der Waals surface area contributed by atoms with Gasteiger partial charge in [-0.3, -0.25) is 10.8 Å². The standard InChI is InChI=1S/C12H12FN3/c1-8-4-9(6-10(13)5-8)12-7-11(16-14)2-3-15-12/h2-7H,14H2,1H3,(H,15,16). The molecule has 4 heteroatoms. The summed E-state index contributed by atoms with van der Waals surface area (Å²) in [6.45, 7) is 1.84. The monoisotopic (exact) mass is 217 g/mol. The van der Waals surface area contributed by atoms with Gasteiger partial charge in [0.2, 0.25) is 0 Å². The Hall–Kier alpha value is -1.94. The summed E-state index contributed by atoms with van der Waals surface area (Å²) in [5.41, 5.74) is 5.58. The van der Waals surface area contributed by atoms with Gasteiger partial charge in [0.15, 0.2) is 0 Å². The number of hydrazine groups is 1. The molecule has 3 nitrogen and oxygen atoms in total. The normalized spacial score (nSPS) is 10.2. The Morgan fingerprint density at radius 1 is 1.25 bits per heavy atom. The van der Waals surface area contributed by atoms with Crippen LogP contribution in [0.25, 0.3) is 11.3 Å². The molecule has 2 aromatic rings. The molecule has 0 saturated carbocycles. The number of hydrogen-bond acceptors (Lipinski definition) is 3. The fourth-order valence-corrected chi connectivity index (χ4v) is 1.56. The zero-order valence-corrected chi connectivity index (χ0v) is 8.87. The molecule has 0 saturated heterocycles. The molecule has 16 heavy (non-hydrogen) atoms. The van der Waals surface area contributed by atoms with Crippen molar-refractivity contribution in [3.63, 3.8) is 0 Å². The molecule has 0 aliphatic heterocycles. The second-order valence-corrected chi connectivity index (χ2v) is 3.59. The first kappa shape index (κ1) is 10.6. The Bertz CT molecular complexity index is 491. The van der Waals surface area contributed by atoms with Gasteiger partial charge in [-0.2, -0.15) is 0 Å². The van der Waals surface area contributed by atoms with E-state index in [0.717, 1.165) is 16.8 Å². The summed E-state index contributed by atoms with van der Waals surface area (Å²) in [6.07, 6.45) is 1.63. The van der Waals surface area contributed by atoms with Crippen LogP contribution >= 0.6 is 0 Å². The summed E-state index contributed by atoms with van der Waals surface area (Å²) < 4.78 is 13.2. The first-order chi connectivity index (χ1) is 7.69. The van der Waals surface area contributed by atoms with E-state index in [9.17, 15) is 4.39 Å². The zero-order chi connectivity index (χ0) is 11.5. The number of aryl methyl sites for hydroxylation is 1. The third-order valence-electron chi connectivity index (χ3n) is 2.26. The molecule has 82 valence electrons. The highest BCUT2D eigenvalue weighted by Crippen LogP contribution is 2.21. The Balaban J connectivity index is 2.49. The lowest BCUT2D eigenvalue weighted by molar-refractivity contribution is 0.627. The second-order valence-electron chi connectivity index (χ2n) is 3.59. The Labute approximate surface area is 93.1 Å². The molecule has 1 heterocycles. The van der Waals surface area contributed by atoms with Crippen LogP contribution in [0.1, 0.15) is 5.56 Å². The number of nitrogens with one attached hydrogen (secondary N) is 1. The summed E-state index contributed by atoms with van der Waals surface area (Å²) in [5, 5.41) is 0. The van der Waals surface area contributed by atoms with E-state index >= 15 is 0 Å². The lowest BCUT2D eigenvalue weighted by atomic mass is 10.1. The predicted molar refractivity (Wildman–Crippen MR) is 62.2 cm³/mol. The molecule has 1 aromatic heterocycles. The molecule has 0 bridgehead atoms. The van der Waals surface area contributed by atoms with Crippen molar-refractivity contribution in [2.75, 3.05) is 5.43 Å². The number of rotatable bonds is 2. The molecule has 0 amide bonds. The van der Waals surface area contributed by atoms with Crippen molar-refractivity contribution in [3.05, 3.63) is 47.9 Å². The van der Waals surface area contributed by atoms with Gasteiger partial charge in [0.25, 0.3) is 0 Å². The van der Waals surface area contributed by atoms with Crippen LogP contribution in [0, 0.1) is 12.7 Å². The second kappa shape index (κ2) is 4.28. The van der Waals surface area contributed by atoms with Crippen LogP contribution in [-0.2, 0) is 0 Å². The third kappa shape index (κ3) is 2.17. The van der Waals surface area contributed by atoms with Gasteiger partial charge in [0.05, 0.1) is 11.4 Å². The molecule has 0 aliphatic rings. The summed E-state index contributed by atoms with van der Waals surface area (Å²) in [4.78, 5) is 4.18. The Kier molecular flexibility index (Phi) is 2.83. The maximum Gasteiger partial charge on any atom is 0.124 e. The maximum absolute atomic E-state index is 13.2.